The van der Waals surface area contributed by atoms with Gasteiger partial charge in [0, 0.05) is 17.6 Å². The highest BCUT2D eigenvalue weighted by molar-refractivity contribution is 7.98. The molecule has 0 aliphatic rings. The van der Waals surface area contributed by atoms with Crippen LogP contribution in [0.2, 0.25) is 0 Å². The van der Waals surface area contributed by atoms with Crippen LogP contribution < -0.4 is 5.32 Å². The lowest BCUT2D eigenvalue weighted by molar-refractivity contribution is 0.0951. The summed E-state index contributed by atoms with van der Waals surface area (Å²) in [6.45, 7) is 0.518. The molecule has 0 atom stereocenters. The number of rotatable bonds is 9. The summed E-state index contributed by atoms with van der Waals surface area (Å²) in [5, 5.41) is 19.5. The molecule has 9 heteroatoms. The molecule has 0 saturated heterocycles. The van der Waals surface area contributed by atoms with Gasteiger partial charge in [-0.3, -0.25) is 4.79 Å². The maximum absolute atomic E-state index is 12.9. The predicted octanol–water partition coefficient (Wildman–Crippen LogP) is 4.11. The maximum Gasteiger partial charge on any atom is 0.252 e. The van der Waals surface area contributed by atoms with Crippen LogP contribution in [0, 0.1) is 0 Å². The first-order chi connectivity index (χ1) is 17.3. The van der Waals surface area contributed by atoms with Crippen LogP contribution in [0.5, 0.6) is 0 Å². The van der Waals surface area contributed by atoms with Crippen LogP contribution in [0.3, 0.4) is 0 Å². The smallest absolute Gasteiger partial charge is 0.252 e. The Morgan fingerprint density at radius 1 is 0.886 bits per heavy atom. The molecule has 2 aromatic heterocycles. The number of hydrogen-bond acceptors (Lipinski definition) is 6. The summed E-state index contributed by atoms with van der Waals surface area (Å²) >= 11 is 1.54. The fourth-order valence-electron chi connectivity index (χ4n) is 3.61. The molecule has 0 radical (unpaired) electrons. The van der Waals surface area contributed by atoms with E-state index >= 15 is 0 Å². The van der Waals surface area contributed by atoms with Crippen molar-refractivity contribution >= 4 is 17.7 Å². The minimum Gasteiger partial charge on any atom is -0.352 e. The van der Waals surface area contributed by atoms with Crippen molar-refractivity contribution < 1.29 is 4.79 Å². The van der Waals surface area contributed by atoms with Crippen molar-refractivity contribution in [2.24, 2.45) is 0 Å². The summed E-state index contributed by atoms with van der Waals surface area (Å²) in [5.74, 6) is 1.14. The Bertz CT molecular complexity index is 1400. The average molecular weight is 482 g/mol. The van der Waals surface area contributed by atoms with Crippen LogP contribution in [-0.4, -0.2) is 42.4 Å². The first kappa shape index (κ1) is 22.5. The Hall–Kier alpha value is -4.24. The Balaban J connectivity index is 1.19. The molecule has 5 aromatic rings. The van der Waals surface area contributed by atoms with E-state index in [-0.39, 0.29) is 5.91 Å². The lowest BCUT2D eigenvalue weighted by Crippen LogP contribution is -2.26. The van der Waals surface area contributed by atoms with E-state index in [2.05, 4.69) is 25.9 Å². The van der Waals surface area contributed by atoms with Crippen LogP contribution in [0.4, 0.5) is 0 Å². The van der Waals surface area contributed by atoms with E-state index in [1.807, 2.05) is 102 Å². The number of amides is 1. The molecule has 0 unspecified atom stereocenters. The number of carbonyl (C=O) groups excluding carboxylic acids is 1. The molecule has 1 amide bonds. The predicted molar refractivity (Wildman–Crippen MR) is 135 cm³/mol. The highest BCUT2D eigenvalue weighted by atomic mass is 32.2. The van der Waals surface area contributed by atoms with Crippen LogP contribution in [0.1, 0.15) is 21.7 Å². The minimum absolute atomic E-state index is 0.105. The van der Waals surface area contributed by atoms with Gasteiger partial charge in [-0.1, -0.05) is 48.5 Å². The van der Waals surface area contributed by atoms with Gasteiger partial charge in [0.15, 0.2) is 5.82 Å². The fraction of sp³-hybridized carbons (Fsp3) is 0.115. The molecule has 0 bridgehead atoms. The summed E-state index contributed by atoms with van der Waals surface area (Å²) in [6.07, 6.45) is 4.52. The Labute approximate surface area is 207 Å². The number of aromatic nitrogens is 6. The molecule has 35 heavy (non-hydrogen) atoms. The number of carbonyl (C=O) groups is 1. The van der Waals surface area contributed by atoms with Gasteiger partial charge in [-0.05, 0) is 58.8 Å². The van der Waals surface area contributed by atoms with Gasteiger partial charge in [-0.15, -0.1) is 16.9 Å². The average Bonchev–Trinajstić information content (AvgIpc) is 3.59. The zero-order valence-electron chi connectivity index (χ0n) is 18.9. The molecule has 0 aliphatic carbocycles. The summed E-state index contributed by atoms with van der Waals surface area (Å²) < 4.78 is 3.55. The van der Waals surface area contributed by atoms with E-state index in [4.69, 9.17) is 0 Å². The lowest BCUT2D eigenvalue weighted by atomic mass is 10.2. The van der Waals surface area contributed by atoms with Crippen molar-refractivity contribution in [3.63, 3.8) is 0 Å². The Morgan fingerprint density at radius 2 is 1.60 bits per heavy atom. The molecule has 1 N–H and O–H groups in total. The van der Waals surface area contributed by atoms with Crippen molar-refractivity contribution in [1.82, 2.24) is 35.3 Å². The Kier molecular flexibility index (Phi) is 6.95. The third-order valence-corrected chi connectivity index (χ3v) is 6.45. The SMILES string of the molecule is O=C(NCCc1cnn(-c2ccccc2)c1)c1ccccc1SCc1nnnn1-c1ccccc1. The third kappa shape index (κ3) is 5.47. The Morgan fingerprint density at radius 3 is 2.40 bits per heavy atom. The number of nitrogens with zero attached hydrogens (tertiary/aromatic N) is 6. The van der Waals surface area contributed by atoms with Crippen LogP contribution >= 0.6 is 11.8 Å². The maximum atomic E-state index is 12.9. The molecule has 2 heterocycles. The quantitative estimate of drug-likeness (QED) is 0.319. The van der Waals surface area contributed by atoms with Crippen molar-refractivity contribution in [3.8, 4) is 11.4 Å². The fourth-order valence-corrected chi connectivity index (χ4v) is 4.57. The number of nitrogens with one attached hydrogen (secondary N) is 1. The number of hydrogen-bond donors (Lipinski definition) is 1. The van der Waals surface area contributed by atoms with Crippen LogP contribution in [-0.2, 0) is 12.2 Å². The number of thioether (sulfide) groups is 1. The first-order valence-electron chi connectivity index (χ1n) is 11.2. The molecule has 0 aliphatic heterocycles. The second-order valence-electron chi connectivity index (χ2n) is 7.76. The molecule has 3 aromatic carbocycles. The van der Waals surface area contributed by atoms with Gasteiger partial charge >= 0.3 is 0 Å². The summed E-state index contributed by atoms with van der Waals surface area (Å²) in [7, 11) is 0. The van der Waals surface area contributed by atoms with Gasteiger partial charge in [-0.2, -0.15) is 9.78 Å². The first-order valence-corrected chi connectivity index (χ1v) is 12.2. The molecule has 174 valence electrons. The van der Waals surface area contributed by atoms with Gasteiger partial charge in [0.2, 0.25) is 0 Å². The van der Waals surface area contributed by atoms with E-state index in [9.17, 15) is 4.79 Å². The van der Waals surface area contributed by atoms with Crippen LogP contribution in [0.25, 0.3) is 11.4 Å². The largest absolute Gasteiger partial charge is 0.352 e. The van der Waals surface area contributed by atoms with Crippen LogP contribution in [0.15, 0.2) is 102 Å². The molecular weight excluding hydrogens is 458 g/mol. The minimum atomic E-state index is -0.105. The zero-order valence-corrected chi connectivity index (χ0v) is 19.7. The van der Waals surface area contributed by atoms with E-state index in [1.54, 1.807) is 4.68 Å². The van der Waals surface area contributed by atoms with E-state index < -0.39 is 0 Å². The van der Waals surface area contributed by atoms with E-state index in [0.29, 0.717) is 30.1 Å². The van der Waals surface area contributed by atoms with Gasteiger partial charge in [0.05, 0.1) is 28.9 Å². The van der Waals surface area contributed by atoms with Crippen molar-refractivity contribution in [3.05, 3.63) is 114 Å². The molecule has 8 nitrogen and oxygen atoms in total. The summed E-state index contributed by atoms with van der Waals surface area (Å²) in [5.41, 5.74) is 3.60. The van der Waals surface area contributed by atoms with E-state index in [0.717, 1.165) is 21.8 Å². The number of tetrazole rings is 1. The third-order valence-electron chi connectivity index (χ3n) is 5.38. The van der Waals surface area contributed by atoms with Gasteiger partial charge in [0.25, 0.3) is 5.91 Å². The molecular formula is C26H23N7OS. The highest BCUT2D eigenvalue weighted by Crippen LogP contribution is 2.26. The second-order valence-corrected chi connectivity index (χ2v) is 8.78. The topological polar surface area (TPSA) is 90.5 Å². The zero-order chi connectivity index (χ0) is 23.9. The summed E-state index contributed by atoms with van der Waals surface area (Å²) in [4.78, 5) is 13.8. The van der Waals surface area contributed by atoms with Gasteiger partial charge in [0.1, 0.15) is 0 Å². The normalized spacial score (nSPS) is 10.9. The summed E-state index contributed by atoms with van der Waals surface area (Å²) in [6, 6.07) is 27.3. The molecule has 0 spiro atoms. The van der Waals surface area contributed by atoms with E-state index in [1.165, 1.54) is 11.8 Å². The monoisotopic (exact) mass is 481 g/mol. The molecule has 0 fully saturated rings. The highest BCUT2D eigenvalue weighted by Gasteiger charge is 2.14. The number of benzene rings is 3. The molecule has 5 rings (SSSR count). The molecule has 0 saturated carbocycles. The van der Waals surface area contributed by atoms with Gasteiger partial charge in [-0.25, -0.2) is 4.68 Å². The van der Waals surface area contributed by atoms with Crippen molar-refractivity contribution in [1.29, 1.82) is 0 Å². The van der Waals surface area contributed by atoms with Crippen molar-refractivity contribution in [2.45, 2.75) is 17.1 Å². The van der Waals surface area contributed by atoms with Gasteiger partial charge < -0.3 is 5.32 Å². The number of para-hydroxylation sites is 2. The second kappa shape index (κ2) is 10.8. The lowest BCUT2D eigenvalue weighted by Gasteiger charge is -2.10. The standard InChI is InChI=1S/C26H23N7OS/c34-26(27-16-15-20-17-28-32(18-20)21-9-3-1-4-10-21)23-13-7-8-14-24(23)35-19-25-29-30-31-33(25)22-11-5-2-6-12-22/h1-14,17-18H,15-16,19H2,(H,27,34). The van der Waals surface area contributed by atoms with Crippen molar-refractivity contribution in [2.75, 3.05) is 6.54 Å².